The third-order valence-electron chi connectivity index (χ3n) is 5.23. The number of carbonyl (C=O) groups is 2. The molecule has 0 aliphatic carbocycles. The zero-order valence-corrected chi connectivity index (χ0v) is 17.8. The van der Waals surface area contributed by atoms with E-state index in [9.17, 15) is 9.59 Å². The van der Waals surface area contributed by atoms with Crippen molar-refractivity contribution in [1.82, 2.24) is 4.57 Å². The fourth-order valence-corrected chi connectivity index (χ4v) is 3.87. The Balaban J connectivity index is 1.60. The van der Waals surface area contributed by atoms with Crippen molar-refractivity contribution in [2.75, 3.05) is 20.3 Å². The van der Waals surface area contributed by atoms with Gasteiger partial charge in [-0.05, 0) is 51.0 Å². The van der Waals surface area contributed by atoms with Crippen molar-refractivity contribution in [1.29, 1.82) is 0 Å². The highest BCUT2D eigenvalue weighted by atomic mass is 35.5. The number of aryl methyl sites for hydroxylation is 1. The Bertz CT molecular complexity index is 899. The topological polar surface area (TPSA) is 66.8 Å². The van der Waals surface area contributed by atoms with Crippen LogP contribution in [-0.4, -0.2) is 42.7 Å². The second-order valence-corrected chi connectivity index (χ2v) is 7.68. The smallest absolute Gasteiger partial charge is 0.310 e. The first-order chi connectivity index (χ1) is 13.9. The van der Waals surface area contributed by atoms with E-state index >= 15 is 0 Å². The molecule has 3 rings (SSSR count). The van der Waals surface area contributed by atoms with Gasteiger partial charge in [-0.25, -0.2) is 0 Å². The highest BCUT2D eigenvalue weighted by molar-refractivity contribution is 6.30. The van der Waals surface area contributed by atoms with E-state index in [1.165, 1.54) is 7.11 Å². The van der Waals surface area contributed by atoms with Crippen LogP contribution >= 0.6 is 11.6 Å². The first-order valence-corrected chi connectivity index (χ1v) is 10.1. The lowest BCUT2D eigenvalue weighted by molar-refractivity contribution is -0.141. The molecule has 0 spiro atoms. The van der Waals surface area contributed by atoms with Crippen molar-refractivity contribution < 1.29 is 23.8 Å². The number of carbonyl (C=O) groups excluding carboxylic acids is 2. The van der Waals surface area contributed by atoms with Crippen molar-refractivity contribution in [3.63, 3.8) is 0 Å². The largest absolute Gasteiger partial charge is 0.496 e. The van der Waals surface area contributed by atoms with Gasteiger partial charge in [0.1, 0.15) is 5.75 Å². The normalized spacial score (nSPS) is 16.1. The zero-order chi connectivity index (χ0) is 21.0. The van der Waals surface area contributed by atoms with Crippen LogP contribution in [0.4, 0.5) is 0 Å². The van der Waals surface area contributed by atoms with Crippen LogP contribution in [0.5, 0.6) is 5.75 Å². The Morgan fingerprint density at radius 2 is 2.07 bits per heavy atom. The predicted molar refractivity (Wildman–Crippen MR) is 110 cm³/mol. The maximum atomic E-state index is 12.6. The number of methoxy groups -OCH3 is 1. The van der Waals surface area contributed by atoms with Gasteiger partial charge in [0.15, 0.2) is 6.61 Å². The van der Waals surface area contributed by atoms with Crippen LogP contribution in [0.2, 0.25) is 5.02 Å². The maximum Gasteiger partial charge on any atom is 0.310 e. The van der Waals surface area contributed by atoms with Crippen molar-refractivity contribution in [3.8, 4) is 5.75 Å². The second-order valence-electron chi connectivity index (χ2n) is 7.25. The van der Waals surface area contributed by atoms with Gasteiger partial charge in [0.25, 0.3) is 0 Å². The summed E-state index contributed by atoms with van der Waals surface area (Å²) in [5, 5.41) is 0.503. The molecule has 1 aromatic heterocycles. The highest BCUT2D eigenvalue weighted by Crippen LogP contribution is 2.24. The van der Waals surface area contributed by atoms with Gasteiger partial charge in [-0.15, -0.1) is 0 Å². The number of rotatable bonds is 8. The van der Waals surface area contributed by atoms with Crippen molar-refractivity contribution in [2.45, 2.75) is 45.8 Å². The van der Waals surface area contributed by atoms with Crippen LogP contribution in [0.1, 0.15) is 40.2 Å². The van der Waals surface area contributed by atoms with Gasteiger partial charge < -0.3 is 18.8 Å². The molecule has 0 saturated carbocycles. The molecule has 0 N–H and O–H groups in total. The van der Waals surface area contributed by atoms with Crippen LogP contribution in [-0.2, 0) is 27.2 Å². The molecule has 0 amide bonds. The molecule has 1 aliphatic heterocycles. The van der Waals surface area contributed by atoms with E-state index in [0.717, 1.165) is 37.4 Å². The van der Waals surface area contributed by atoms with Gasteiger partial charge in [0.05, 0.1) is 19.6 Å². The molecule has 2 aromatic rings. The fourth-order valence-electron chi connectivity index (χ4n) is 3.67. The van der Waals surface area contributed by atoms with Crippen LogP contribution < -0.4 is 4.74 Å². The van der Waals surface area contributed by atoms with E-state index < -0.39 is 5.97 Å². The summed E-state index contributed by atoms with van der Waals surface area (Å²) in [6.45, 7) is 5.11. The first-order valence-electron chi connectivity index (χ1n) is 9.68. The molecule has 29 heavy (non-hydrogen) atoms. The molecule has 1 saturated heterocycles. The lowest BCUT2D eigenvalue weighted by atomic mass is 10.1. The number of halogens is 1. The summed E-state index contributed by atoms with van der Waals surface area (Å²) < 4.78 is 18.3. The zero-order valence-electron chi connectivity index (χ0n) is 17.0. The highest BCUT2D eigenvalue weighted by Gasteiger charge is 2.22. The summed E-state index contributed by atoms with van der Waals surface area (Å²) in [7, 11) is 1.52. The molecule has 6 nitrogen and oxygen atoms in total. The molecule has 1 atom stereocenters. The molecule has 1 aromatic carbocycles. The average molecular weight is 420 g/mol. The van der Waals surface area contributed by atoms with Gasteiger partial charge in [0, 0.05) is 40.7 Å². The number of esters is 1. The fraction of sp³-hybridized carbons (Fsp3) is 0.455. The van der Waals surface area contributed by atoms with Crippen molar-refractivity contribution in [2.24, 2.45) is 0 Å². The Morgan fingerprint density at radius 1 is 1.28 bits per heavy atom. The maximum absolute atomic E-state index is 12.6. The number of benzene rings is 1. The van der Waals surface area contributed by atoms with E-state index in [0.29, 0.717) is 21.9 Å². The minimum absolute atomic E-state index is 0.0188. The number of aromatic nitrogens is 1. The van der Waals surface area contributed by atoms with Crippen molar-refractivity contribution >= 4 is 23.4 Å². The number of ketones is 1. The number of ether oxygens (including phenoxy) is 3. The van der Waals surface area contributed by atoms with E-state index in [2.05, 4.69) is 4.57 Å². The molecule has 0 radical (unpaired) electrons. The Hall–Kier alpha value is -2.31. The van der Waals surface area contributed by atoms with E-state index in [1.54, 1.807) is 18.2 Å². The van der Waals surface area contributed by atoms with Gasteiger partial charge >= 0.3 is 5.97 Å². The van der Waals surface area contributed by atoms with Gasteiger partial charge in [-0.2, -0.15) is 0 Å². The van der Waals surface area contributed by atoms with Gasteiger partial charge in [-0.3, -0.25) is 9.59 Å². The summed E-state index contributed by atoms with van der Waals surface area (Å²) in [5.41, 5.74) is 3.06. The molecule has 2 heterocycles. The molecular weight excluding hydrogens is 394 g/mol. The molecule has 1 aliphatic rings. The monoisotopic (exact) mass is 419 g/mol. The molecule has 156 valence electrons. The van der Waals surface area contributed by atoms with Crippen molar-refractivity contribution in [3.05, 3.63) is 51.8 Å². The van der Waals surface area contributed by atoms with Crippen LogP contribution in [0.15, 0.2) is 24.3 Å². The third kappa shape index (κ3) is 5.19. The summed E-state index contributed by atoms with van der Waals surface area (Å²) in [6, 6.07) is 6.88. The first kappa shape index (κ1) is 21.4. The average Bonchev–Trinajstić information content (AvgIpc) is 3.30. The van der Waals surface area contributed by atoms with Crippen LogP contribution in [0, 0.1) is 13.8 Å². The third-order valence-corrected chi connectivity index (χ3v) is 5.46. The summed E-state index contributed by atoms with van der Waals surface area (Å²) in [4.78, 5) is 24.9. The summed E-state index contributed by atoms with van der Waals surface area (Å²) >= 11 is 5.99. The predicted octanol–water partition coefficient (Wildman–Crippen LogP) is 3.91. The van der Waals surface area contributed by atoms with E-state index in [1.807, 2.05) is 19.9 Å². The Kier molecular flexibility index (Phi) is 6.98. The molecule has 0 bridgehead atoms. The number of Topliss-reactive ketones (excluding diaryl/α,β-unsaturated/α-hetero) is 1. The van der Waals surface area contributed by atoms with E-state index in [-0.39, 0.29) is 24.9 Å². The number of hydrogen-bond donors (Lipinski definition) is 0. The Morgan fingerprint density at radius 3 is 2.76 bits per heavy atom. The molecule has 1 fully saturated rings. The molecular formula is C22H26ClNO5. The molecule has 0 unspecified atom stereocenters. The standard InChI is InChI=1S/C22H26ClNO5/c1-14-9-19(15(2)24(14)12-18-5-4-8-28-18)20(25)13-29-22(26)11-16-10-17(23)6-7-21(16)27-3/h6-7,9-10,18H,4-5,8,11-13H2,1-3H3/t18-/m0/s1. The summed E-state index contributed by atoms with van der Waals surface area (Å²) in [6.07, 6.45) is 2.27. The van der Waals surface area contributed by atoms with Crippen LogP contribution in [0.3, 0.4) is 0 Å². The quantitative estimate of drug-likeness (QED) is 0.479. The lowest BCUT2D eigenvalue weighted by Crippen LogP contribution is -2.18. The van der Waals surface area contributed by atoms with Gasteiger partial charge in [0.2, 0.25) is 5.78 Å². The lowest BCUT2D eigenvalue weighted by Gasteiger charge is -2.14. The SMILES string of the molecule is COc1ccc(Cl)cc1CC(=O)OCC(=O)c1cc(C)n(C[C@@H]2CCCO2)c1C. The Labute approximate surface area is 175 Å². The molecule has 7 heteroatoms. The minimum atomic E-state index is -0.507. The number of nitrogens with zero attached hydrogens (tertiary/aromatic N) is 1. The summed E-state index contributed by atoms with van der Waals surface area (Å²) in [5.74, 6) is -0.175. The number of hydrogen-bond acceptors (Lipinski definition) is 5. The van der Waals surface area contributed by atoms with E-state index in [4.69, 9.17) is 25.8 Å². The minimum Gasteiger partial charge on any atom is -0.496 e. The van der Waals surface area contributed by atoms with Crippen LogP contribution in [0.25, 0.3) is 0 Å². The van der Waals surface area contributed by atoms with Gasteiger partial charge in [-0.1, -0.05) is 11.6 Å². The second kappa shape index (κ2) is 9.46.